The van der Waals surface area contributed by atoms with Crippen LogP contribution in [0.3, 0.4) is 0 Å². The maximum absolute atomic E-state index is 12.5. The van der Waals surface area contributed by atoms with Gasteiger partial charge in [0, 0.05) is 12.3 Å². The Balaban J connectivity index is 1.97. The van der Waals surface area contributed by atoms with Crippen molar-refractivity contribution in [1.82, 2.24) is 19.6 Å². The molecule has 23 heavy (non-hydrogen) atoms. The zero-order chi connectivity index (χ0) is 16.0. The van der Waals surface area contributed by atoms with Gasteiger partial charge in [-0.25, -0.2) is 0 Å². The van der Waals surface area contributed by atoms with Gasteiger partial charge in [0.05, 0.1) is 12.7 Å². The van der Waals surface area contributed by atoms with Gasteiger partial charge in [0.2, 0.25) is 11.7 Å². The second kappa shape index (κ2) is 4.94. The molecule has 1 amide bonds. The fraction of sp³-hybridized carbons (Fsp3) is 0.200. The fourth-order valence-corrected chi connectivity index (χ4v) is 2.94. The van der Waals surface area contributed by atoms with E-state index >= 15 is 0 Å². The second-order valence-electron chi connectivity index (χ2n) is 5.29. The number of benzene rings is 1. The molecule has 1 aromatic carbocycles. The molecule has 2 N–H and O–H groups in total. The molecule has 4 rings (SSSR count). The first-order valence-electron chi connectivity index (χ1n) is 7.07. The molecule has 8 nitrogen and oxygen atoms in total. The van der Waals surface area contributed by atoms with Gasteiger partial charge in [0.1, 0.15) is 17.9 Å². The Kier molecular flexibility index (Phi) is 2.90. The van der Waals surface area contributed by atoms with E-state index in [0.717, 1.165) is 5.56 Å². The third-order valence-electron chi connectivity index (χ3n) is 3.98. The number of hydrogen-bond donors (Lipinski definition) is 2. The van der Waals surface area contributed by atoms with Gasteiger partial charge in [-0.15, -0.1) is 0 Å². The Morgan fingerprint density at radius 1 is 1.35 bits per heavy atom. The highest BCUT2D eigenvalue weighted by Gasteiger charge is 2.32. The highest BCUT2D eigenvalue weighted by Crippen LogP contribution is 2.35. The molecule has 0 fully saturated rings. The maximum atomic E-state index is 12.5. The number of carbonyl (C=O) groups excluding carboxylic acids is 1. The summed E-state index contributed by atoms with van der Waals surface area (Å²) >= 11 is 0. The maximum Gasteiger partial charge on any atom is 0.258 e. The monoisotopic (exact) mass is 311 g/mol. The number of hydrogen-bond acceptors (Lipinski definition) is 5. The van der Waals surface area contributed by atoms with Crippen LogP contribution in [0.4, 0.5) is 5.82 Å². The molecule has 0 aliphatic carbocycles. The third-order valence-corrected chi connectivity index (χ3v) is 3.98. The largest absolute Gasteiger partial charge is 0.497 e. The van der Waals surface area contributed by atoms with E-state index in [0.29, 0.717) is 22.9 Å². The number of aromatic nitrogens is 4. The van der Waals surface area contributed by atoms with Crippen molar-refractivity contribution in [3.63, 3.8) is 0 Å². The molecule has 0 radical (unpaired) electrons. The van der Waals surface area contributed by atoms with Crippen LogP contribution in [0.1, 0.15) is 23.5 Å². The van der Waals surface area contributed by atoms with E-state index < -0.39 is 0 Å². The van der Waals surface area contributed by atoms with Crippen molar-refractivity contribution in [2.24, 2.45) is 0 Å². The van der Waals surface area contributed by atoms with Gasteiger partial charge in [0.15, 0.2) is 0 Å². The number of ether oxygens (including phenoxy) is 1. The molecule has 1 aliphatic heterocycles. The summed E-state index contributed by atoms with van der Waals surface area (Å²) in [6.45, 7) is 0. The summed E-state index contributed by atoms with van der Waals surface area (Å²) in [6, 6.07) is 7.36. The zero-order valence-electron chi connectivity index (χ0n) is 12.2. The van der Waals surface area contributed by atoms with Crippen LogP contribution >= 0.6 is 0 Å². The number of methoxy groups -OCH3 is 1. The standard InChI is InChI=1S/C15H13N5O3/c1-23-9-4-2-3-8(5-9)10-6-11(21)18-13-12(10)14(22)19-15-16-7-17-20(13)15/h2-5,7,10H,6H2,1H3,(H,18,21)(H,16,17,19,22)/t10-/m1/s1. The van der Waals surface area contributed by atoms with E-state index in [1.807, 2.05) is 24.3 Å². The lowest BCUT2D eigenvalue weighted by Crippen LogP contribution is -2.32. The van der Waals surface area contributed by atoms with Crippen LogP contribution in [0.15, 0.2) is 35.4 Å². The van der Waals surface area contributed by atoms with Crippen LogP contribution in [-0.4, -0.2) is 32.6 Å². The first-order valence-corrected chi connectivity index (χ1v) is 7.07. The van der Waals surface area contributed by atoms with Crippen molar-refractivity contribution < 1.29 is 9.53 Å². The molecule has 3 aromatic rings. The molecule has 2 aromatic heterocycles. The van der Waals surface area contributed by atoms with E-state index in [2.05, 4.69) is 20.4 Å². The topological polar surface area (TPSA) is 101 Å². The number of rotatable bonds is 2. The normalized spacial score (nSPS) is 16.9. The highest BCUT2D eigenvalue weighted by molar-refractivity contribution is 5.94. The number of anilines is 1. The number of carbonyl (C=O) groups is 1. The van der Waals surface area contributed by atoms with Crippen LogP contribution in [0.5, 0.6) is 5.75 Å². The predicted molar refractivity (Wildman–Crippen MR) is 81.7 cm³/mol. The van der Waals surface area contributed by atoms with E-state index in [1.165, 1.54) is 10.8 Å². The summed E-state index contributed by atoms with van der Waals surface area (Å²) < 4.78 is 6.67. The Morgan fingerprint density at radius 3 is 3.04 bits per heavy atom. The lowest BCUT2D eigenvalue weighted by atomic mass is 9.87. The van der Waals surface area contributed by atoms with Crippen LogP contribution in [0.25, 0.3) is 5.78 Å². The molecule has 0 saturated carbocycles. The van der Waals surface area contributed by atoms with Crippen molar-refractivity contribution in [2.45, 2.75) is 12.3 Å². The minimum absolute atomic E-state index is 0.173. The van der Waals surface area contributed by atoms with Crippen molar-refractivity contribution in [1.29, 1.82) is 0 Å². The molecule has 1 aliphatic rings. The quantitative estimate of drug-likeness (QED) is 0.732. The van der Waals surface area contributed by atoms with Crippen molar-refractivity contribution in [3.8, 4) is 5.75 Å². The van der Waals surface area contributed by atoms with Crippen LogP contribution < -0.4 is 15.6 Å². The van der Waals surface area contributed by atoms with Gasteiger partial charge in [-0.3, -0.25) is 14.6 Å². The van der Waals surface area contributed by atoms with E-state index in [1.54, 1.807) is 7.11 Å². The second-order valence-corrected chi connectivity index (χ2v) is 5.29. The molecule has 8 heteroatoms. The summed E-state index contributed by atoms with van der Waals surface area (Å²) in [4.78, 5) is 31.3. The molecule has 1 atom stereocenters. The van der Waals surface area contributed by atoms with Crippen LogP contribution in [0.2, 0.25) is 0 Å². The number of nitrogens with zero attached hydrogens (tertiary/aromatic N) is 3. The SMILES string of the molecule is COc1cccc([C@H]2CC(=O)Nc3c2c(=O)[nH]c2ncnn32)c1. The zero-order valence-corrected chi connectivity index (χ0v) is 12.2. The molecular weight excluding hydrogens is 298 g/mol. The summed E-state index contributed by atoms with van der Waals surface area (Å²) in [5.74, 6) is 0.790. The minimum atomic E-state index is -0.369. The van der Waals surface area contributed by atoms with Crippen LogP contribution in [0, 0.1) is 0 Å². The molecule has 0 bridgehead atoms. The third kappa shape index (κ3) is 2.07. The summed E-state index contributed by atoms with van der Waals surface area (Å²) in [6.07, 6.45) is 1.51. The van der Waals surface area contributed by atoms with Crippen LogP contribution in [-0.2, 0) is 4.79 Å². The summed E-state index contributed by atoms with van der Waals surface area (Å²) in [5.41, 5.74) is 1.02. The smallest absolute Gasteiger partial charge is 0.258 e. The van der Waals surface area contributed by atoms with Gasteiger partial charge in [0.25, 0.3) is 5.56 Å². The summed E-state index contributed by atoms with van der Waals surface area (Å²) in [7, 11) is 1.58. The Morgan fingerprint density at radius 2 is 2.22 bits per heavy atom. The van der Waals surface area contributed by atoms with Crippen molar-refractivity contribution in [3.05, 3.63) is 52.1 Å². The molecule has 3 heterocycles. The van der Waals surface area contributed by atoms with Gasteiger partial charge in [-0.2, -0.15) is 14.6 Å². The Hall–Kier alpha value is -3.16. The summed E-state index contributed by atoms with van der Waals surface area (Å²) in [5, 5.41) is 6.79. The fourth-order valence-electron chi connectivity index (χ4n) is 2.94. The highest BCUT2D eigenvalue weighted by atomic mass is 16.5. The minimum Gasteiger partial charge on any atom is -0.497 e. The molecule has 0 saturated heterocycles. The number of nitrogens with one attached hydrogen (secondary N) is 2. The number of fused-ring (bicyclic) bond motifs is 3. The predicted octanol–water partition coefficient (Wildman–Crippen LogP) is 0.900. The molecule has 0 spiro atoms. The lowest BCUT2D eigenvalue weighted by Gasteiger charge is -2.25. The Bertz CT molecular complexity index is 975. The van der Waals surface area contributed by atoms with Gasteiger partial charge < -0.3 is 10.1 Å². The van der Waals surface area contributed by atoms with Gasteiger partial charge in [-0.1, -0.05) is 12.1 Å². The average molecular weight is 311 g/mol. The molecular formula is C15H13N5O3. The Labute approximate surface area is 130 Å². The first kappa shape index (κ1) is 13.5. The number of amides is 1. The van der Waals surface area contributed by atoms with E-state index in [4.69, 9.17) is 4.74 Å². The van der Waals surface area contributed by atoms with Crippen molar-refractivity contribution >= 4 is 17.5 Å². The average Bonchev–Trinajstić information content (AvgIpc) is 3.02. The molecule has 0 unspecified atom stereocenters. The lowest BCUT2D eigenvalue weighted by molar-refractivity contribution is -0.116. The first-order chi connectivity index (χ1) is 11.2. The van der Waals surface area contributed by atoms with Crippen molar-refractivity contribution in [2.75, 3.05) is 12.4 Å². The number of aromatic amines is 1. The van der Waals surface area contributed by atoms with Gasteiger partial charge >= 0.3 is 0 Å². The van der Waals surface area contributed by atoms with Gasteiger partial charge in [-0.05, 0) is 17.7 Å². The number of H-pyrrole nitrogens is 1. The molecule has 116 valence electrons. The van der Waals surface area contributed by atoms with E-state index in [-0.39, 0.29) is 23.8 Å². The van der Waals surface area contributed by atoms with E-state index in [9.17, 15) is 9.59 Å².